The molecule has 10 nitrogen and oxygen atoms in total. The summed E-state index contributed by atoms with van der Waals surface area (Å²) in [4.78, 5) is 49.3. The van der Waals surface area contributed by atoms with Crippen LogP contribution < -0.4 is 10.6 Å². The SMILES string of the molecule is CC(C)C[C@H]1C(=O)N[C@H]2CCCC3[C@H](CN(C)[C@@H]4Cc5c[nH]c6cccc(c56)[C@@H]34)C(=O)N[C@]3(C(C)C)O[C@]2(O)N1C3=O. The summed E-state index contributed by atoms with van der Waals surface area (Å²) in [5.41, 5.74) is 1.91. The first-order chi connectivity index (χ1) is 20.0. The van der Waals surface area contributed by atoms with Gasteiger partial charge in [0.25, 0.3) is 11.8 Å². The third-order valence-corrected chi connectivity index (χ3v) is 10.8. The Morgan fingerprint density at radius 2 is 1.90 bits per heavy atom. The average molecular weight is 578 g/mol. The van der Waals surface area contributed by atoms with E-state index in [1.165, 1.54) is 21.4 Å². The van der Waals surface area contributed by atoms with E-state index >= 15 is 0 Å². The number of ether oxygens (including phenoxy) is 1. The second kappa shape index (κ2) is 9.53. The van der Waals surface area contributed by atoms with Crippen LogP contribution in [0.1, 0.15) is 70.4 Å². The Morgan fingerprint density at radius 3 is 2.64 bits per heavy atom. The van der Waals surface area contributed by atoms with Crippen LogP contribution in [0.4, 0.5) is 0 Å². The number of likely N-dealkylation sites (N-methyl/N-ethyl adjacent to an activating group) is 1. The number of hydrogen-bond acceptors (Lipinski definition) is 6. The van der Waals surface area contributed by atoms with Gasteiger partial charge in [0.1, 0.15) is 12.1 Å². The molecule has 2 aromatic rings. The quantitative estimate of drug-likeness (QED) is 0.444. The lowest BCUT2D eigenvalue weighted by Crippen LogP contribution is -2.72. The van der Waals surface area contributed by atoms with Gasteiger partial charge in [-0.05, 0) is 61.8 Å². The van der Waals surface area contributed by atoms with Crippen molar-refractivity contribution < 1.29 is 24.2 Å². The van der Waals surface area contributed by atoms with Crippen LogP contribution in [-0.4, -0.2) is 81.0 Å². The Labute approximate surface area is 246 Å². The molecule has 4 saturated heterocycles. The van der Waals surface area contributed by atoms with Crippen LogP contribution in [0.15, 0.2) is 24.4 Å². The number of H-pyrrole nitrogens is 1. The van der Waals surface area contributed by atoms with Gasteiger partial charge in [-0.1, -0.05) is 46.2 Å². The highest BCUT2D eigenvalue weighted by molar-refractivity contribution is 5.97. The van der Waals surface area contributed by atoms with E-state index in [9.17, 15) is 19.5 Å². The third-order valence-electron chi connectivity index (χ3n) is 10.8. The third kappa shape index (κ3) is 3.77. The van der Waals surface area contributed by atoms with Crippen LogP contribution in [0.3, 0.4) is 0 Å². The highest BCUT2D eigenvalue weighted by Gasteiger charge is 2.70. The molecule has 5 aliphatic rings. The Morgan fingerprint density at radius 1 is 1.12 bits per heavy atom. The minimum atomic E-state index is -2.05. The van der Waals surface area contributed by atoms with Crippen molar-refractivity contribution >= 4 is 28.6 Å². The van der Waals surface area contributed by atoms with Crippen LogP contribution in [-0.2, 0) is 25.5 Å². The molecule has 4 fully saturated rings. The van der Waals surface area contributed by atoms with Gasteiger partial charge in [0, 0.05) is 41.5 Å². The lowest BCUT2D eigenvalue weighted by Gasteiger charge is -2.50. The largest absolute Gasteiger partial charge is 0.361 e. The van der Waals surface area contributed by atoms with Gasteiger partial charge in [-0.15, -0.1) is 0 Å². The zero-order valence-electron chi connectivity index (χ0n) is 25.1. The van der Waals surface area contributed by atoms with Gasteiger partial charge in [-0.2, -0.15) is 0 Å². The normalized spacial score (nSPS) is 38.3. The maximum Gasteiger partial charge on any atom is 0.281 e. The summed E-state index contributed by atoms with van der Waals surface area (Å²) >= 11 is 0. The molecule has 8 atom stereocenters. The highest BCUT2D eigenvalue weighted by Crippen LogP contribution is 2.51. The van der Waals surface area contributed by atoms with Crippen LogP contribution in [0.25, 0.3) is 10.9 Å². The number of piperidine rings is 1. The smallest absolute Gasteiger partial charge is 0.281 e. The fourth-order valence-electron chi connectivity index (χ4n) is 8.80. The molecule has 4 aliphatic heterocycles. The molecule has 1 unspecified atom stereocenters. The van der Waals surface area contributed by atoms with E-state index in [4.69, 9.17) is 4.74 Å². The number of carbonyl (C=O) groups is 3. The van der Waals surface area contributed by atoms with Crippen LogP contribution in [0.2, 0.25) is 0 Å². The number of fused-ring (bicyclic) bond motifs is 5. The van der Waals surface area contributed by atoms with E-state index in [1.807, 2.05) is 27.7 Å². The lowest BCUT2D eigenvalue weighted by atomic mass is 9.64. The number of nitrogens with one attached hydrogen (secondary N) is 3. The molecule has 2 bridgehead atoms. The first-order valence-electron chi connectivity index (χ1n) is 15.6. The van der Waals surface area contributed by atoms with Gasteiger partial charge < -0.3 is 25.6 Å². The minimum absolute atomic E-state index is 0.0227. The molecule has 42 heavy (non-hydrogen) atoms. The Bertz CT molecular complexity index is 1450. The Kier molecular flexibility index (Phi) is 6.32. The molecule has 7 rings (SSSR count). The molecule has 1 aromatic heterocycles. The summed E-state index contributed by atoms with van der Waals surface area (Å²) in [5.74, 6) is -3.72. The van der Waals surface area contributed by atoms with Crippen molar-refractivity contribution in [3.05, 3.63) is 35.5 Å². The fourth-order valence-corrected chi connectivity index (χ4v) is 8.80. The zero-order chi connectivity index (χ0) is 29.7. The molecule has 5 heterocycles. The number of aliphatic hydroxyl groups is 1. The number of benzene rings is 1. The van der Waals surface area contributed by atoms with Crippen molar-refractivity contribution in [1.82, 2.24) is 25.4 Å². The van der Waals surface area contributed by atoms with Crippen molar-refractivity contribution in [2.45, 2.75) is 95.5 Å². The molecule has 0 saturated carbocycles. The second-order valence-corrected chi connectivity index (χ2v) is 14.0. The van der Waals surface area contributed by atoms with Crippen LogP contribution in [0, 0.1) is 23.7 Å². The number of nitrogens with zero attached hydrogens (tertiary/aromatic N) is 2. The minimum Gasteiger partial charge on any atom is -0.361 e. The van der Waals surface area contributed by atoms with Gasteiger partial charge in [-0.25, -0.2) is 0 Å². The first kappa shape index (κ1) is 27.9. The number of likely N-dealkylation sites (tertiary alicyclic amines) is 1. The number of amides is 3. The highest BCUT2D eigenvalue weighted by atomic mass is 16.7. The van der Waals surface area contributed by atoms with Crippen molar-refractivity contribution in [2.24, 2.45) is 23.7 Å². The fraction of sp³-hybridized carbons (Fsp3) is 0.656. The lowest BCUT2D eigenvalue weighted by molar-refractivity contribution is -0.310. The van der Waals surface area contributed by atoms with Crippen molar-refractivity contribution in [1.29, 1.82) is 0 Å². The van der Waals surface area contributed by atoms with Crippen LogP contribution >= 0.6 is 0 Å². The van der Waals surface area contributed by atoms with Gasteiger partial charge in [0.15, 0.2) is 0 Å². The number of carbonyl (C=O) groups excluding carboxylic acids is 3. The van der Waals surface area contributed by atoms with Gasteiger partial charge in [0.2, 0.25) is 17.5 Å². The zero-order valence-corrected chi connectivity index (χ0v) is 25.1. The number of hydrogen-bond donors (Lipinski definition) is 4. The molecule has 10 heteroatoms. The maximum atomic E-state index is 14.4. The number of piperazine rings is 1. The average Bonchev–Trinajstić information content (AvgIpc) is 3.44. The van der Waals surface area contributed by atoms with E-state index in [1.54, 1.807) is 0 Å². The molecule has 226 valence electrons. The van der Waals surface area contributed by atoms with E-state index in [-0.39, 0.29) is 41.5 Å². The maximum absolute atomic E-state index is 14.4. The van der Waals surface area contributed by atoms with E-state index in [0.717, 1.165) is 18.4 Å². The number of aromatic nitrogens is 1. The van der Waals surface area contributed by atoms with Gasteiger partial charge in [0.05, 0.1) is 5.92 Å². The summed E-state index contributed by atoms with van der Waals surface area (Å²) in [6.45, 7) is 8.16. The Hall–Kier alpha value is -2.95. The van der Waals surface area contributed by atoms with Crippen LogP contribution in [0.5, 0.6) is 0 Å². The van der Waals surface area contributed by atoms with E-state index < -0.39 is 35.5 Å². The summed E-state index contributed by atoms with van der Waals surface area (Å²) in [6, 6.07) is 4.96. The van der Waals surface area contributed by atoms with Gasteiger partial charge >= 0.3 is 0 Å². The summed E-state index contributed by atoms with van der Waals surface area (Å²) < 4.78 is 6.40. The molecule has 4 N–H and O–H groups in total. The predicted octanol–water partition coefficient (Wildman–Crippen LogP) is 2.42. The summed E-state index contributed by atoms with van der Waals surface area (Å²) in [6.07, 6.45) is 5.25. The van der Waals surface area contributed by atoms with E-state index in [2.05, 4.69) is 52.0 Å². The summed E-state index contributed by atoms with van der Waals surface area (Å²) in [7, 11) is 2.10. The topological polar surface area (TPSA) is 127 Å². The molecule has 3 amide bonds. The summed E-state index contributed by atoms with van der Waals surface area (Å²) in [5, 5.41) is 19.5. The standard InChI is InChI=1S/C32H43N5O5/c1-16(2)12-24-29(39)34-25-11-7-8-19-21(28(38)35-31(17(3)4)30(40)37(24)32(25,41)42-31)15-36(5)23-13-18-14-33-22-10-6-9-20(26(18)22)27(19)23/h6,9-10,14,16-17,19,21,23-25,27,33,41H,7-8,11-13,15H2,1-5H3,(H,34,39)(H,35,38)/t19?,21-,23+,24-,25-,27+,31+,32-/m0/s1. The molecule has 1 aliphatic carbocycles. The first-order valence-corrected chi connectivity index (χ1v) is 15.6. The molecule has 0 spiro atoms. The van der Waals surface area contributed by atoms with Gasteiger partial charge in [-0.3, -0.25) is 24.0 Å². The van der Waals surface area contributed by atoms with Crippen molar-refractivity contribution in [3.63, 3.8) is 0 Å². The monoisotopic (exact) mass is 577 g/mol. The number of aromatic amines is 1. The molecule has 1 aromatic carbocycles. The molecular formula is C32H43N5O5. The van der Waals surface area contributed by atoms with Crippen molar-refractivity contribution in [3.8, 4) is 0 Å². The molecular weight excluding hydrogens is 534 g/mol. The second-order valence-electron chi connectivity index (χ2n) is 14.0. The Balaban J connectivity index is 1.32. The molecule has 0 radical (unpaired) electrons. The van der Waals surface area contributed by atoms with E-state index in [0.29, 0.717) is 25.8 Å². The predicted molar refractivity (Wildman–Crippen MR) is 156 cm³/mol. The number of rotatable bonds is 3. The van der Waals surface area contributed by atoms with Crippen molar-refractivity contribution in [2.75, 3.05) is 13.6 Å².